The van der Waals surface area contributed by atoms with E-state index in [4.69, 9.17) is 0 Å². The Labute approximate surface area is 173 Å². The Kier molecular flexibility index (Phi) is 7.42. The van der Waals surface area contributed by atoms with Crippen molar-refractivity contribution in [3.63, 3.8) is 0 Å². The summed E-state index contributed by atoms with van der Waals surface area (Å²) in [6.45, 7) is 6.99. The van der Waals surface area contributed by atoms with E-state index in [0.717, 1.165) is 50.1 Å². The lowest BCUT2D eigenvalue weighted by molar-refractivity contribution is -0.136. The number of benzene rings is 2. The van der Waals surface area contributed by atoms with Gasteiger partial charge in [0.15, 0.2) is 0 Å². The van der Waals surface area contributed by atoms with Gasteiger partial charge in [0, 0.05) is 31.4 Å². The third-order valence-corrected chi connectivity index (χ3v) is 5.73. The molecule has 1 heterocycles. The minimum Gasteiger partial charge on any atom is -0.345 e. The number of piperidine rings is 1. The van der Waals surface area contributed by atoms with Gasteiger partial charge < -0.3 is 10.6 Å². The maximum atomic E-state index is 12.4. The predicted molar refractivity (Wildman–Crippen MR) is 117 cm³/mol. The van der Waals surface area contributed by atoms with E-state index in [9.17, 15) is 9.59 Å². The number of para-hydroxylation sites is 1. The van der Waals surface area contributed by atoms with Crippen LogP contribution >= 0.6 is 0 Å². The fraction of sp³-hybridized carbons (Fsp3) is 0.417. The summed E-state index contributed by atoms with van der Waals surface area (Å²) in [4.78, 5) is 27.2. The second-order valence-electron chi connectivity index (χ2n) is 7.86. The van der Waals surface area contributed by atoms with Crippen molar-refractivity contribution in [2.24, 2.45) is 0 Å². The number of hydrogen-bond donors (Lipinski definition) is 2. The van der Waals surface area contributed by atoms with Gasteiger partial charge in [-0.2, -0.15) is 0 Å². The molecular formula is C24H31N3O2. The van der Waals surface area contributed by atoms with Crippen LogP contribution in [0.2, 0.25) is 0 Å². The number of hydrogen-bond acceptors (Lipinski definition) is 3. The molecule has 3 rings (SSSR count). The van der Waals surface area contributed by atoms with E-state index in [2.05, 4.69) is 53.6 Å². The monoisotopic (exact) mass is 393 g/mol. The third kappa shape index (κ3) is 5.91. The van der Waals surface area contributed by atoms with Crippen LogP contribution in [0.25, 0.3) is 0 Å². The highest BCUT2D eigenvalue weighted by Crippen LogP contribution is 2.26. The number of likely N-dealkylation sites (tertiary alicyclic amines) is 1. The van der Waals surface area contributed by atoms with Crippen LogP contribution in [0.15, 0.2) is 54.6 Å². The zero-order valence-corrected chi connectivity index (χ0v) is 17.4. The molecule has 29 heavy (non-hydrogen) atoms. The van der Waals surface area contributed by atoms with Crippen LogP contribution in [-0.4, -0.2) is 35.8 Å². The van der Waals surface area contributed by atoms with E-state index in [1.807, 2.05) is 30.3 Å². The van der Waals surface area contributed by atoms with Crippen molar-refractivity contribution < 1.29 is 9.59 Å². The number of nitrogens with one attached hydrogen (secondary N) is 2. The van der Waals surface area contributed by atoms with Crippen LogP contribution in [-0.2, 0) is 16.1 Å². The zero-order chi connectivity index (χ0) is 20.6. The Morgan fingerprint density at radius 1 is 1.00 bits per heavy atom. The standard InChI is InChI=1S/C24H31N3O2/c1-3-18(2)21-11-7-8-12-22(21)26-24(29)23(28)25-20-13-15-27(16-14-20)17-19-9-5-4-6-10-19/h4-12,18,20H,3,13-17H2,1-2H3,(H,25,28)(H,26,29). The van der Waals surface area contributed by atoms with Crippen LogP contribution in [0.1, 0.15) is 50.2 Å². The molecule has 1 aliphatic heterocycles. The Morgan fingerprint density at radius 2 is 1.66 bits per heavy atom. The van der Waals surface area contributed by atoms with E-state index in [0.29, 0.717) is 5.92 Å². The van der Waals surface area contributed by atoms with Crippen molar-refractivity contribution >= 4 is 17.5 Å². The molecule has 1 saturated heterocycles. The summed E-state index contributed by atoms with van der Waals surface area (Å²) >= 11 is 0. The largest absolute Gasteiger partial charge is 0.345 e. The molecule has 2 amide bonds. The fourth-order valence-electron chi connectivity index (χ4n) is 3.77. The Bertz CT molecular complexity index is 814. The second kappa shape index (κ2) is 10.2. The van der Waals surface area contributed by atoms with Crippen LogP contribution in [0.5, 0.6) is 0 Å². The second-order valence-corrected chi connectivity index (χ2v) is 7.86. The topological polar surface area (TPSA) is 61.4 Å². The lowest BCUT2D eigenvalue weighted by Crippen LogP contribution is -2.47. The molecule has 0 aromatic heterocycles. The van der Waals surface area contributed by atoms with E-state index >= 15 is 0 Å². The lowest BCUT2D eigenvalue weighted by atomic mass is 9.97. The smallest absolute Gasteiger partial charge is 0.313 e. The molecule has 2 N–H and O–H groups in total. The molecule has 1 aliphatic rings. The van der Waals surface area contributed by atoms with Crippen molar-refractivity contribution in [3.05, 3.63) is 65.7 Å². The maximum Gasteiger partial charge on any atom is 0.313 e. The Hall–Kier alpha value is -2.66. The first-order chi connectivity index (χ1) is 14.1. The number of anilines is 1. The molecule has 1 unspecified atom stereocenters. The first-order valence-corrected chi connectivity index (χ1v) is 10.5. The molecule has 2 aromatic rings. The van der Waals surface area contributed by atoms with Gasteiger partial charge >= 0.3 is 11.8 Å². The highest BCUT2D eigenvalue weighted by molar-refractivity contribution is 6.39. The van der Waals surface area contributed by atoms with Gasteiger partial charge in [0.2, 0.25) is 0 Å². The molecule has 0 saturated carbocycles. The van der Waals surface area contributed by atoms with Crippen LogP contribution in [0.4, 0.5) is 5.69 Å². The Morgan fingerprint density at radius 3 is 2.34 bits per heavy atom. The summed E-state index contributed by atoms with van der Waals surface area (Å²) in [5, 5.41) is 5.70. The number of amides is 2. The van der Waals surface area contributed by atoms with Crippen molar-refractivity contribution in [2.45, 2.75) is 51.6 Å². The number of rotatable bonds is 6. The highest BCUT2D eigenvalue weighted by atomic mass is 16.2. The lowest BCUT2D eigenvalue weighted by Gasteiger charge is -2.32. The van der Waals surface area contributed by atoms with Crippen LogP contribution in [0.3, 0.4) is 0 Å². The molecule has 0 spiro atoms. The molecule has 1 atom stereocenters. The van der Waals surface area contributed by atoms with Crippen molar-refractivity contribution in [3.8, 4) is 0 Å². The molecule has 0 bridgehead atoms. The van der Waals surface area contributed by atoms with Gasteiger partial charge in [-0.15, -0.1) is 0 Å². The molecule has 0 aliphatic carbocycles. The van der Waals surface area contributed by atoms with E-state index in [-0.39, 0.29) is 6.04 Å². The summed E-state index contributed by atoms with van der Waals surface area (Å²) < 4.78 is 0. The summed E-state index contributed by atoms with van der Waals surface area (Å²) in [5.74, 6) is -0.818. The normalized spacial score (nSPS) is 16.2. The van der Waals surface area contributed by atoms with Crippen LogP contribution < -0.4 is 10.6 Å². The molecule has 5 nitrogen and oxygen atoms in total. The van der Waals surface area contributed by atoms with Gasteiger partial charge in [0.05, 0.1) is 0 Å². The molecule has 154 valence electrons. The van der Waals surface area contributed by atoms with E-state index < -0.39 is 11.8 Å². The van der Waals surface area contributed by atoms with Gasteiger partial charge in [-0.1, -0.05) is 62.4 Å². The number of nitrogens with zero attached hydrogens (tertiary/aromatic N) is 1. The van der Waals surface area contributed by atoms with Gasteiger partial charge in [-0.25, -0.2) is 0 Å². The Balaban J connectivity index is 1.48. The SMILES string of the molecule is CCC(C)c1ccccc1NC(=O)C(=O)NC1CCN(Cc2ccccc2)CC1. The number of carbonyl (C=O) groups excluding carboxylic acids is 2. The maximum absolute atomic E-state index is 12.4. The average molecular weight is 394 g/mol. The van der Waals surface area contributed by atoms with Crippen LogP contribution in [0, 0.1) is 0 Å². The molecular weight excluding hydrogens is 362 g/mol. The van der Waals surface area contributed by atoms with E-state index in [1.54, 1.807) is 0 Å². The van der Waals surface area contributed by atoms with Crippen molar-refractivity contribution in [2.75, 3.05) is 18.4 Å². The summed E-state index contributed by atoms with van der Waals surface area (Å²) in [5.41, 5.74) is 3.08. The van der Waals surface area contributed by atoms with Gasteiger partial charge in [0.25, 0.3) is 0 Å². The highest BCUT2D eigenvalue weighted by Gasteiger charge is 2.24. The minimum atomic E-state index is -0.590. The molecule has 5 heteroatoms. The molecule has 2 aromatic carbocycles. The first kappa shape index (κ1) is 21.1. The van der Waals surface area contributed by atoms with Crippen molar-refractivity contribution in [1.29, 1.82) is 0 Å². The number of carbonyl (C=O) groups is 2. The van der Waals surface area contributed by atoms with Crippen molar-refractivity contribution in [1.82, 2.24) is 10.2 Å². The average Bonchev–Trinajstić information content (AvgIpc) is 2.75. The quantitative estimate of drug-likeness (QED) is 0.731. The minimum absolute atomic E-state index is 0.0464. The summed E-state index contributed by atoms with van der Waals surface area (Å²) in [7, 11) is 0. The predicted octanol–water partition coefficient (Wildman–Crippen LogP) is 3.92. The van der Waals surface area contributed by atoms with Gasteiger partial charge in [0.1, 0.15) is 0 Å². The van der Waals surface area contributed by atoms with E-state index in [1.165, 1.54) is 5.56 Å². The van der Waals surface area contributed by atoms with Gasteiger partial charge in [-0.05, 0) is 42.4 Å². The third-order valence-electron chi connectivity index (χ3n) is 5.73. The van der Waals surface area contributed by atoms with Gasteiger partial charge in [-0.3, -0.25) is 14.5 Å². The zero-order valence-electron chi connectivity index (χ0n) is 17.4. The molecule has 1 fully saturated rings. The first-order valence-electron chi connectivity index (χ1n) is 10.5. The fourth-order valence-corrected chi connectivity index (χ4v) is 3.77. The summed E-state index contributed by atoms with van der Waals surface area (Å²) in [6, 6.07) is 18.1. The molecule has 0 radical (unpaired) electrons. The summed E-state index contributed by atoms with van der Waals surface area (Å²) in [6.07, 6.45) is 2.69.